The molecule has 0 spiro atoms. The fourth-order valence-electron chi connectivity index (χ4n) is 0.968. The number of carbonyl (C=O) groups excluding carboxylic acids is 1. The molecule has 0 aromatic heterocycles. The lowest BCUT2D eigenvalue weighted by Gasteiger charge is -2.16. The second kappa shape index (κ2) is 5.09. The van der Waals surface area contributed by atoms with Crippen molar-refractivity contribution in [2.45, 2.75) is 32.7 Å². The number of nitrogens with two attached hydrogens (primary N) is 1. The highest BCUT2D eigenvalue weighted by Gasteiger charge is 2.18. The average Bonchev–Trinajstić information content (AvgIpc) is 2.02. The maximum Gasteiger partial charge on any atom is 0.260 e. The SMILES string of the molecule is CCCC(C)C(N)C(=O)NO. The molecule has 11 heavy (non-hydrogen) atoms. The predicted octanol–water partition coefficient (Wildman–Crippen LogP) is 0.255. The highest BCUT2D eigenvalue weighted by molar-refractivity contribution is 5.80. The quantitative estimate of drug-likeness (QED) is 0.408. The van der Waals surface area contributed by atoms with Crippen LogP contribution in [-0.2, 0) is 4.79 Å². The van der Waals surface area contributed by atoms with Crippen LogP contribution in [0.4, 0.5) is 0 Å². The van der Waals surface area contributed by atoms with Gasteiger partial charge in [-0.3, -0.25) is 10.0 Å². The van der Waals surface area contributed by atoms with Gasteiger partial charge in [0.25, 0.3) is 5.91 Å². The van der Waals surface area contributed by atoms with Crippen molar-refractivity contribution in [2.75, 3.05) is 0 Å². The molecule has 0 aliphatic heterocycles. The summed E-state index contributed by atoms with van der Waals surface area (Å²) in [5.74, 6) is -0.391. The third-order valence-corrected chi connectivity index (χ3v) is 1.77. The Morgan fingerprint density at radius 1 is 1.73 bits per heavy atom. The molecule has 0 radical (unpaired) electrons. The van der Waals surface area contributed by atoms with Gasteiger partial charge in [0.1, 0.15) is 0 Å². The molecular weight excluding hydrogens is 144 g/mol. The minimum atomic E-state index is -0.597. The van der Waals surface area contributed by atoms with E-state index in [0.29, 0.717) is 0 Å². The lowest BCUT2D eigenvalue weighted by molar-refractivity contribution is -0.131. The van der Waals surface area contributed by atoms with Crippen molar-refractivity contribution in [3.8, 4) is 0 Å². The van der Waals surface area contributed by atoms with Crippen LogP contribution in [0.1, 0.15) is 26.7 Å². The van der Waals surface area contributed by atoms with Gasteiger partial charge in [0.15, 0.2) is 0 Å². The van der Waals surface area contributed by atoms with Gasteiger partial charge in [-0.15, -0.1) is 0 Å². The lowest BCUT2D eigenvalue weighted by atomic mass is 9.97. The summed E-state index contributed by atoms with van der Waals surface area (Å²) in [6.07, 6.45) is 1.89. The Kier molecular flexibility index (Phi) is 4.81. The molecule has 0 saturated carbocycles. The van der Waals surface area contributed by atoms with E-state index in [0.717, 1.165) is 12.8 Å². The third-order valence-electron chi connectivity index (χ3n) is 1.77. The Morgan fingerprint density at radius 2 is 2.27 bits per heavy atom. The fourth-order valence-corrected chi connectivity index (χ4v) is 0.968. The van der Waals surface area contributed by atoms with E-state index in [1.807, 2.05) is 13.8 Å². The van der Waals surface area contributed by atoms with Crippen LogP contribution in [0.15, 0.2) is 0 Å². The van der Waals surface area contributed by atoms with Gasteiger partial charge in [-0.1, -0.05) is 20.3 Å². The summed E-state index contributed by atoms with van der Waals surface area (Å²) >= 11 is 0. The maximum atomic E-state index is 10.7. The Morgan fingerprint density at radius 3 is 2.64 bits per heavy atom. The first kappa shape index (κ1) is 10.4. The largest absolute Gasteiger partial charge is 0.320 e. The monoisotopic (exact) mass is 160 g/mol. The molecule has 4 nitrogen and oxygen atoms in total. The van der Waals surface area contributed by atoms with E-state index in [1.165, 1.54) is 0 Å². The van der Waals surface area contributed by atoms with E-state index in [9.17, 15) is 4.79 Å². The predicted molar refractivity (Wildman–Crippen MR) is 42.0 cm³/mol. The van der Waals surface area contributed by atoms with Gasteiger partial charge in [0.2, 0.25) is 0 Å². The Labute approximate surface area is 66.7 Å². The van der Waals surface area contributed by atoms with Crippen molar-refractivity contribution >= 4 is 5.91 Å². The zero-order valence-electron chi connectivity index (χ0n) is 7.00. The van der Waals surface area contributed by atoms with Gasteiger partial charge in [-0.2, -0.15) is 0 Å². The second-order valence-corrected chi connectivity index (χ2v) is 2.77. The van der Waals surface area contributed by atoms with Crippen molar-refractivity contribution in [1.82, 2.24) is 5.48 Å². The number of amides is 1. The molecule has 0 bridgehead atoms. The number of rotatable bonds is 4. The Hall–Kier alpha value is -0.610. The van der Waals surface area contributed by atoms with Gasteiger partial charge in [0, 0.05) is 0 Å². The molecule has 2 atom stereocenters. The molecule has 0 aliphatic rings. The molecule has 0 aromatic carbocycles. The lowest BCUT2D eigenvalue weighted by Crippen LogP contribution is -2.43. The van der Waals surface area contributed by atoms with Crippen molar-refractivity contribution in [3.05, 3.63) is 0 Å². The van der Waals surface area contributed by atoms with Crippen LogP contribution in [0.2, 0.25) is 0 Å². The van der Waals surface area contributed by atoms with E-state index < -0.39 is 11.9 Å². The topological polar surface area (TPSA) is 75.4 Å². The van der Waals surface area contributed by atoms with Crippen LogP contribution >= 0.6 is 0 Å². The Bertz CT molecular complexity index is 128. The molecule has 66 valence electrons. The third kappa shape index (κ3) is 3.34. The van der Waals surface area contributed by atoms with Crippen LogP contribution < -0.4 is 11.2 Å². The molecular formula is C7H16N2O2. The highest BCUT2D eigenvalue weighted by atomic mass is 16.5. The molecule has 0 aromatic rings. The minimum absolute atomic E-state index is 0.118. The molecule has 0 fully saturated rings. The van der Waals surface area contributed by atoms with E-state index >= 15 is 0 Å². The number of nitrogens with one attached hydrogen (secondary N) is 1. The van der Waals surface area contributed by atoms with E-state index in [4.69, 9.17) is 10.9 Å². The van der Waals surface area contributed by atoms with Crippen LogP contribution in [-0.4, -0.2) is 17.2 Å². The van der Waals surface area contributed by atoms with Crippen molar-refractivity contribution in [1.29, 1.82) is 0 Å². The average molecular weight is 160 g/mol. The van der Waals surface area contributed by atoms with Crippen molar-refractivity contribution in [2.24, 2.45) is 11.7 Å². The van der Waals surface area contributed by atoms with E-state index in [1.54, 1.807) is 5.48 Å². The van der Waals surface area contributed by atoms with Gasteiger partial charge < -0.3 is 5.73 Å². The summed E-state index contributed by atoms with van der Waals surface area (Å²) in [4.78, 5) is 10.7. The van der Waals surface area contributed by atoms with Crippen LogP contribution in [0.3, 0.4) is 0 Å². The molecule has 2 unspecified atom stereocenters. The summed E-state index contributed by atoms with van der Waals surface area (Å²) in [6, 6.07) is -0.597. The van der Waals surface area contributed by atoms with Gasteiger partial charge in [-0.05, 0) is 12.3 Å². The molecule has 4 N–H and O–H groups in total. The molecule has 0 rings (SSSR count). The fraction of sp³-hybridized carbons (Fsp3) is 0.857. The van der Waals surface area contributed by atoms with E-state index in [2.05, 4.69) is 0 Å². The first-order valence-electron chi connectivity index (χ1n) is 3.83. The smallest absolute Gasteiger partial charge is 0.260 e. The summed E-state index contributed by atoms with van der Waals surface area (Å²) in [5, 5.41) is 8.24. The number of carbonyl (C=O) groups is 1. The number of hydroxylamine groups is 1. The molecule has 1 amide bonds. The van der Waals surface area contributed by atoms with Gasteiger partial charge >= 0.3 is 0 Å². The summed E-state index contributed by atoms with van der Waals surface area (Å²) in [5.41, 5.74) is 7.03. The normalized spacial score (nSPS) is 15.6. The maximum absolute atomic E-state index is 10.7. The van der Waals surface area contributed by atoms with Gasteiger partial charge in [-0.25, -0.2) is 5.48 Å². The van der Waals surface area contributed by atoms with Crippen LogP contribution in [0, 0.1) is 5.92 Å². The standard InChI is InChI=1S/C7H16N2O2/c1-3-4-5(2)6(8)7(10)9-11/h5-6,11H,3-4,8H2,1-2H3,(H,9,10). The zero-order chi connectivity index (χ0) is 8.85. The molecule has 0 saturated heterocycles. The summed E-state index contributed by atoms with van der Waals surface area (Å²) in [7, 11) is 0. The second-order valence-electron chi connectivity index (χ2n) is 2.77. The highest BCUT2D eigenvalue weighted by Crippen LogP contribution is 2.08. The number of hydrogen-bond donors (Lipinski definition) is 3. The minimum Gasteiger partial charge on any atom is -0.320 e. The molecule has 0 aliphatic carbocycles. The van der Waals surface area contributed by atoms with Crippen LogP contribution in [0.5, 0.6) is 0 Å². The number of hydrogen-bond acceptors (Lipinski definition) is 3. The van der Waals surface area contributed by atoms with Crippen LogP contribution in [0.25, 0.3) is 0 Å². The first-order valence-corrected chi connectivity index (χ1v) is 3.83. The van der Waals surface area contributed by atoms with E-state index in [-0.39, 0.29) is 5.92 Å². The summed E-state index contributed by atoms with van der Waals surface area (Å²) in [6.45, 7) is 3.92. The first-order chi connectivity index (χ1) is 5.13. The molecule has 0 heterocycles. The zero-order valence-corrected chi connectivity index (χ0v) is 7.00. The Balaban J connectivity index is 3.80. The summed E-state index contributed by atoms with van der Waals surface area (Å²) < 4.78 is 0. The van der Waals surface area contributed by atoms with Crippen molar-refractivity contribution in [3.63, 3.8) is 0 Å². The van der Waals surface area contributed by atoms with Gasteiger partial charge in [0.05, 0.1) is 6.04 Å². The molecule has 4 heteroatoms. The van der Waals surface area contributed by atoms with Crippen molar-refractivity contribution < 1.29 is 10.0 Å².